The molecule has 1 unspecified atom stereocenters. The van der Waals surface area contributed by atoms with E-state index in [0.717, 1.165) is 51.5 Å². The Morgan fingerprint density at radius 2 is 1.82 bits per heavy atom. The van der Waals surface area contributed by atoms with Gasteiger partial charge in [0.1, 0.15) is 0 Å². The number of halogens is 1. The van der Waals surface area contributed by atoms with Gasteiger partial charge in [0.05, 0.1) is 0 Å². The number of piperidine rings is 1. The van der Waals surface area contributed by atoms with Crippen molar-refractivity contribution in [1.29, 1.82) is 0 Å². The molecule has 0 saturated carbocycles. The molecule has 0 aromatic rings. The van der Waals surface area contributed by atoms with Gasteiger partial charge in [-0.25, -0.2) is 0 Å². The van der Waals surface area contributed by atoms with Crippen molar-refractivity contribution in [3.63, 3.8) is 0 Å². The highest BCUT2D eigenvalue weighted by atomic mass is 127. The highest BCUT2D eigenvalue weighted by molar-refractivity contribution is 14.0. The number of hydrogen-bond acceptors (Lipinski definition) is 3. The first-order valence-electron chi connectivity index (χ1n) is 10.1. The molecule has 2 N–H and O–H groups in total. The van der Waals surface area contributed by atoms with Crippen molar-refractivity contribution in [3.8, 4) is 0 Å². The minimum absolute atomic E-state index is 0. The summed E-state index contributed by atoms with van der Waals surface area (Å²) in [5.74, 6) is 2.07. The number of carbonyl (C=O) groups is 1. The summed E-state index contributed by atoms with van der Waals surface area (Å²) in [5, 5.41) is 6.30. The minimum Gasteiger partial charge on any atom is -0.359 e. The second-order valence-electron chi connectivity index (χ2n) is 7.58. The molecule has 1 rings (SSSR count). The van der Waals surface area contributed by atoms with E-state index in [4.69, 9.17) is 0 Å². The SMILES string of the molecule is C=CCN(CC=C)C(CNC(=NC)N1CCC(CC(=O)NC)CC1)C(C)C.I. The van der Waals surface area contributed by atoms with Gasteiger partial charge in [-0.1, -0.05) is 26.0 Å². The average molecular weight is 505 g/mol. The quantitative estimate of drug-likeness (QED) is 0.208. The predicted molar refractivity (Wildman–Crippen MR) is 130 cm³/mol. The largest absolute Gasteiger partial charge is 0.359 e. The molecule has 162 valence electrons. The topological polar surface area (TPSA) is 60.0 Å². The summed E-state index contributed by atoms with van der Waals surface area (Å²) in [6.45, 7) is 16.7. The molecule has 28 heavy (non-hydrogen) atoms. The molecule has 7 heteroatoms. The van der Waals surface area contributed by atoms with Crippen LogP contribution in [-0.4, -0.2) is 74.5 Å². The van der Waals surface area contributed by atoms with Crippen molar-refractivity contribution in [2.24, 2.45) is 16.8 Å². The molecule has 1 saturated heterocycles. The van der Waals surface area contributed by atoms with Gasteiger partial charge in [0, 0.05) is 59.3 Å². The number of likely N-dealkylation sites (tertiary alicyclic amines) is 1. The number of nitrogens with zero attached hydrogens (tertiary/aromatic N) is 3. The summed E-state index contributed by atoms with van der Waals surface area (Å²) < 4.78 is 0. The third-order valence-electron chi connectivity index (χ3n) is 5.31. The van der Waals surface area contributed by atoms with Crippen LogP contribution in [0.15, 0.2) is 30.3 Å². The van der Waals surface area contributed by atoms with E-state index >= 15 is 0 Å². The molecule has 0 bridgehead atoms. The highest BCUT2D eigenvalue weighted by Gasteiger charge is 2.25. The van der Waals surface area contributed by atoms with Crippen molar-refractivity contribution in [3.05, 3.63) is 25.3 Å². The van der Waals surface area contributed by atoms with Gasteiger partial charge in [-0.05, 0) is 24.7 Å². The van der Waals surface area contributed by atoms with E-state index in [2.05, 4.69) is 52.4 Å². The number of rotatable bonds is 10. The molecule has 6 nitrogen and oxygen atoms in total. The first-order chi connectivity index (χ1) is 13.0. The van der Waals surface area contributed by atoms with Crippen LogP contribution in [0.2, 0.25) is 0 Å². The maximum absolute atomic E-state index is 11.6. The van der Waals surface area contributed by atoms with Crippen LogP contribution in [0, 0.1) is 11.8 Å². The van der Waals surface area contributed by atoms with Crippen LogP contribution in [0.5, 0.6) is 0 Å². The normalized spacial score (nSPS) is 16.5. The molecule has 0 aromatic heterocycles. The van der Waals surface area contributed by atoms with Crippen LogP contribution in [0.3, 0.4) is 0 Å². The van der Waals surface area contributed by atoms with Crippen molar-refractivity contribution in [2.75, 3.05) is 46.8 Å². The molecule has 0 radical (unpaired) electrons. The summed E-state index contributed by atoms with van der Waals surface area (Å²) in [4.78, 5) is 20.8. The number of aliphatic imine (C=N–C) groups is 1. The second kappa shape index (κ2) is 14.8. The second-order valence-corrected chi connectivity index (χ2v) is 7.58. The van der Waals surface area contributed by atoms with Gasteiger partial charge in [0.15, 0.2) is 5.96 Å². The molecule has 1 atom stereocenters. The number of guanidine groups is 1. The Bertz CT molecular complexity index is 491. The van der Waals surface area contributed by atoms with E-state index in [-0.39, 0.29) is 29.9 Å². The monoisotopic (exact) mass is 505 g/mol. The van der Waals surface area contributed by atoms with Gasteiger partial charge in [-0.2, -0.15) is 0 Å². The van der Waals surface area contributed by atoms with Gasteiger partial charge < -0.3 is 15.5 Å². The molecule has 1 aliphatic rings. The molecule has 0 spiro atoms. The first kappa shape index (κ1) is 26.9. The van der Waals surface area contributed by atoms with Crippen molar-refractivity contribution in [1.82, 2.24) is 20.4 Å². The molecular weight excluding hydrogens is 465 g/mol. The number of carbonyl (C=O) groups excluding carboxylic acids is 1. The van der Waals surface area contributed by atoms with Crippen LogP contribution in [-0.2, 0) is 4.79 Å². The lowest BCUT2D eigenvalue weighted by Crippen LogP contribution is -2.52. The third-order valence-corrected chi connectivity index (χ3v) is 5.31. The van der Waals surface area contributed by atoms with Crippen LogP contribution in [0.1, 0.15) is 33.1 Å². The van der Waals surface area contributed by atoms with E-state index in [1.807, 2.05) is 19.2 Å². The molecule has 1 heterocycles. The lowest BCUT2D eigenvalue weighted by molar-refractivity contribution is -0.121. The van der Waals surface area contributed by atoms with E-state index in [1.54, 1.807) is 7.05 Å². The zero-order valence-corrected chi connectivity index (χ0v) is 20.4. The smallest absolute Gasteiger partial charge is 0.220 e. The highest BCUT2D eigenvalue weighted by Crippen LogP contribution is 2.20. The summed E-state index contributed by atoms with van der Waals surface area (Å²) in [6, 6.07) is 0.378. The van der Waals surface area contributed by atoms with Crippen LogP contribution >= 0.6 is 24.0 Å². The third kappa shape index (κ3) is 8.94. The van der Waals surface area contributed by atoms with Gasteiger partial charge in [0.25, 0.3) is 0 Å². The molecular formula is C21H40IN5O. The molecule has 0 aromatic carbocycles. The maximum Gasteiger partial charge on any atom is 0.220 e. The van der Waals surface area contributed by atoms with Gasteiger partial charge in [-0.15, -0.1) is 37.1 Å². The van der Waals surface area contributed by atoms with Crippen molar-refractivity contribution in [2.45, 2.75) is 39.2 Å². The zero-order chi connectivity index (χ0) is 20.2. The van der Waals surface area contributed by atoms with E-state index < -0.39 is 0 Å². The van der Waals surface area contributed by atoms with E-state index in [0.29, 0.717) is 24.3 Å². The maximum atomic E-state index is 11.6. The summed E-state index contributed by atoms with van der Waals surface area (Å²) in [5.41, 5.74) is 0. The van der Waals surface area contributed by atoms with Crippen LogP contribution in [0.4, 0.5) is 0 Å². The van der Waals surface area contributed by atoms with Crippen molar-refractivity contribution < 1.29 is 4.79 Å². The Morgan fingerprint density at radius 3 is 2.25 bits per heavy atom. The number of amides is 1. The lowest BCUT2D eigenvalue weighted by atomic mass is 9.93. The zero-order valence-electron chi connectivity index (χ0n) is 18.1. The Labute approximate surface area is 188 Å². The van der Waals surface area contributed by atoms with Crippen LogP contribution < -0.4 is 10.6 Å². The van der Waals surface area contributed by atoms with Gasteiger partial charge in [0.2, 0.25) is 5.91 Å². The lowest BCUT2D eigenvalue weighted by Gasteiger charge is -2.37. The Morgan fingerprint density at radius 1 is 1.25 bits per heavy atom. The fourth-order valence-electron chi connectivity index (χ4n) is 3.70. The van der Waals surface area contributed by atoms with Gasteiger partial charge in [-0.3, -0.25) is 14.7 Å². The fraction of sp³-hybridized carbons (Fsp3) is 0.714. The minimum atomic E-state index is 0. The van der Waals surface area contributed by atoms with E-state index in [9.17, 15) is 4.79 Å². The molecule has 0 aliphatic carbocycles. The standard InChI is InChI=1S/C21H39N5O.HI/c1-7-11-25(12-8-2)19(17(3)4)16-24-21(23-6)26-13-9-18(10-14-26)15-20(27)22-5;/h7-8,17-19H,1-2,9-16H2,3-6H3,(H,22,27)(H,23,24);1H. The first-order valence-corrected chi connectivity index (χ1v) is 10.1. The number of nitrogens with one attached hydrogen (secondary N) is 2. The van der Waals surface area contributed by atoms with Gasteiger partial charge >= 0.3 is 0 Å². The Hall–Kier alpha value is -1.09. The van der Waals surface area contributed by atoms with Crippen molar-refractivity contribution >= 4 is 35.8 Å². The van der Waals surface area contributed by atoms with E-state index in [1.165, 1.54) is 0 Å². The van der Waals surface area contributed by atoms with Crippen LogP contribution in [0.25, 0.3) is 0 Å². The summed E-state index contributed by atoms with van der Waals surface area (Å²) >= 11 is 0. The predicted octanol–water partition coefficient (Wildman–Crippen LogP) is 2.73. The Balaban J connectivity index is 0.00000729. The molecule has 1 aliphatic heterocycles. The summed E-state index contributed by atoms with van der Waals surface area (Å²) in [7, 11) is 3.55. The molecule has 1 amide bonds. The number of hydrogen-bond donors (Lipinski definition) is 2. The summed E-state index contributed by atoms with van der Waals surface area (Å²) in [6.07, 6.45) is 6.58. The molecule has 1 fully saturated rings. The average Bonchev–Trinajstić information content (AvgIpc) is 2.66. The fourth-order valence-corrected chi connectivity index (χ4v) is 3.70. The Kier molecular flexibility index (Phi) is 14.3.